The van der Waals surface area contributed by atoms with E-state index < -0.39 is 0 Å². The SMILES string of the molecule is CNC(=O)c1cc(C(=O)NC2[C@H]3CNC[C@@H]23)cc(Cc2cccc(OC)c2)n1. The quantitative estimate of drug-likeness (QED) is 0.695. The summed E-state index contributed by atoms with van der Waals surface area (Å²) >= 11 is 0. The Balaban J connectivity index is 1.57. The standard InChI is InChI=1S/C21H24N4O3/c1-22-21(27)18-9-13(20(26)25-19-16-10-23-11-17(16)19)8-14(24-18)6-12-4-3-5-15(7-12)28-2/h3-5,7-9,16-17,19,23H,6,10-11H2,1-2H3,(H,22,27)(H,25,26)/t16-,17+,19?. The number of nitrogens with zero attached hydrogens (tertiary/aromatic N) is 1. The molecule has 1 aliphatic carbocycles. The van der Waals surface area contributed by atoms with Crippen molar-refractivity contribution in [2.45, 2.75) is 12.5 Å². The predicted molar refractivity (Wildman–Crippen MR) is 105 cm³/mol. The van der Waals surface area contributed by atoms with Crippen LogP contribution >= 0.6 is 0 Å². The highest BCUT2D eigenvalue weighted by atomic mass is 16.5. The second-order valence-electron chi connectivity index (χ2n) is 7.33. The zero-order chi connectivity index (χ0) is 19.7. The normalized spacial score (nSPS) is 22.3. The van der Waals surface area contributed by atoms with Crippen molar-refractivity contribution in [2.24, 2.45) is 11.8 Å². The number of carbonyl (C=O) groups excluding carboxylic acids is 2. The number of fused-ring (bicyclic) bond motifs is 1. The van der Waals surface area contributed by atoms with E-state index in [2.05, 4.69) is 20.9 Å². The second-order valence-corrected chi connectivity index (χ2v) is 7.33. The van der Waals surface area contributed by atoms with E-state index in [9.17, 15) is 9.59 Å². The molecule has 1 aromatic carbocycles. The van der Waals surface area contributed by atoms with E-state index in [1.165, 1.54) is 0 Å². The fourth-order valence-corrected chi connectivity index (χ4v) is 3.91. The maximum absolute atomic E-state index is 12.8. The summed E-state index contributed by atoms with van der Waals surface area (Å²) in [5.41, 5.74) is 2.36. The summed E-state index contributed by atoms with van der Waals surface area (Å²) in [5, 5.41) is 9.01. The number of methoxy groups -OCH3 is 1. The van der Waals surface area contributed by atoms with Crippen molar-refractivity contribution in [2.75, 3.05) is 27.2 Å². The molecule has 0 radical (unpaired) electrons. The van der Waals surface area contributed by atoms with Crippen molar-refractivity contribution in [3.8, 4) is 5.75 Å². The van der Waals surface area contributed by atoms with Crippen LogP contribution in [0.1, 0.15) is 32.1 Å². The number of hydrogen-bond donors (Lipinski definition) is 3. The lowest BCUT2D eigenvalue weighted by molar-refractivity contribution is 0.0946. The number of rotatable bonds is 6. The molecule has 2 aliphatic rings. The number of pyridine rings is 1. The van der Waals surface area contributed by atoms with Crippen molar-refractivity contribution in [1.82, 2.24) is 20.9 Å². The first-order valence-electron chi connectivity index (χ1n) is 9.46. The molecule has 2 fully saturated rings. The molecule has 28 heavy (non-hydrogen) atoms. The molecule has 3 N–H and O–H groups in total. The lowest BCUT2D eigenvalue weighted by Crippen LogP contribution is -2.33. The van der Waals surface area contributed by atoms with Crippen LogP contribution in [0.5, 0.6) is 5.75 Å². The van der Waals surface area contributed by atoms with E-state index in [0.717, 1.165) is 24.4 Å². The molecule has 0 spiro atoms. The van der Waals surface area contributed by atoms with E-state index in [0.29, 0.717) is 29.5 Å². The van der Waals surface area contributed by atoms with Crippen LogP contribution in [0.25, 0.3) is 0 Å². The molecule has 0 bridgehead atoms. The Hall–Kier alpha value is -2.93. The van der Waals surface area contributed by atoms with E-state index in [1.54, 1.807) is 26.3 Å². The van der Waals surface area contributed by atoms with Gasteiger partial charge in [-0.05, 0) is 41.7 Å². The molecule has 7 nitrogen and oxygen atoms in total. The monoisotopic (exact) mass is 380 g/mol. The predicted octanol–water partition coefficient (Wildman–Crippen LogP) is 0.988. The molecule has 2 amide bonds. The van der Waals surface area contributed by atoms with Gasteiger partial charge in [-0.2, -0.15) is 0 Å². The van der Waals surface area contributed by atoms with E-state index >= 15 is 0 Å². The molecule has 2 aromatic rings. The summed E-state index contributed by atoms with van der Waals surface area (Å²) < 4.78 is 5.27. The van der Waals surface area contributed by atoms with Gasteiger partial charge < -0.3 is 20.7 Å². The summed E-state index contributed by atoms with van der Waals surface area (Å²) in [4.78, 5) is 29.4. The highest BCUT2D eigenvalue weighted by molar-refractivity contribution is 5.98. The lowest BCUT2D eigenvalue weighted by atomic mass is 10.1. The van der Waals surface area contributed by atoms with Gasteiger partial charge in [-0.15, -0.1) is 0 Å². The van der Waals surface area contributed by atoms with Crippen molar-refractivity contribution in [3.63, 3.8) is 0 Å². The maximum Gasteiger partial charge on any atom is 0.269 e. The van der Waals surface area contributed by atoms with E-state index in [-0.39, 0.29) is 23.6 Å². The van der Waals surface area contributed by atoms with Gasteiger partial charge in [-0.25, -0.2) is 4.98 Å². The van der Waals surface area contributed by atoms with Crippen molar-refractivity contribution < 1.29 is 14.3 Å². The van der Waals surface area contributed by atoms with E-state index in [4.69, 9.17) is 4.74 Å². The Morgan fingerprint density at radius 3 is 2.68 bits per heavy atom. The molecule has 1 unspecified atom stereocenters. The van der Waals surface area contributed by atoms with Gasteiger partial charge in [0.05, 0.1) is 7.11 Å². The van der Waals surface area contributed by atoms with Gasteiger partial charge in [0.2, 0.25) is 0 Å². The third-order valence-corrected chi connectivity index (χ3v) is 5.51. The van der Waals surface area contributed by atoms with Gasteiger partial charge >= 0.3 is 0 Å². The Kier molecular flexibility index (Phi) is 5.00. The minimum atomic E-state index is -0.311. The molecule has 146 valence electrons. The van der Waals surface area contributed by atoms with Gasteiger partial charge in [0.1, 0.15) is 11.4 Å². The molecular weight excluding hydrogens is 356 g/mol. The van der Waals surface area contributed by atoms with Crippen LogP contribution in [0.15, 0.2) is 36.4 Å². The lowest BCUT2D eigenvalue weighted by Gasteiger charge is -2.11. The number of benzene rings is 1. The summed E-state index contributed by atoms with van der Waals surface area (Å²) in [5.74, 6) is 1.35. The van der Waals surface area contributed by atoms with Crippen LogP contribution in [0.2, 0.25) is 0 Å². The van der Waals surface area contributed by atoms with E-state index in [1.807, 2.05) is 24.3 Å². The summed E-state index contributed by atoms with van der Waals surface area (Å²) in [6.45, 7) is 1.91. The summed E-state index contributed by atoms with van der Waals surface area (Å²) in [7, 11) is 3.17. The highest BCUT2D eigenvalue weighted by Gasteiger charge is 2.53. The Morgan fingerprint density at radius 1 is 1.18 bits per heavy atom. The number of piperidine rings is 1. The summed E-state index contributed by atoms with van der Waals surface area (Å²) in [6, 6.07) is 11.2. The van der Waals surface area contributed by atoms with Gasteiger partial charge in [0, 0.05) is 43.9 Å². The molecule has 1 aromatic heterocycles. The number of carbonyl (C=O) groups is 2. The molecule has 3 atom stereocenters. The first-order chi connectivity index (χ1) is 13.6. The topological polar surface area (TPSA) is 92.4 Å². The minimum absolute atomic E-state index is 0.154. The number of hydrogen-bond acceptors (Lipinski definition) is 5. The second kappa shape index (κ2) is 7.59. The minimum Gasteiger partial charge on any atom is -0.497 e. The zero-order valence-electron chi connectivity index (χ0n) is 16.0. The molecule has 1 aliphatic heterocycles. The molecule has 1 saturated carbocycles. The average Bonchev–Trinajstić information content (AvgIpc) is 3.13. The Morgan fingerprint density at radius 2 is 1.96 bits per heavy atom. The van der Waals surface area contributed by atoms with Crippen LogP contribution in [-0.4, -0.2) is 50.1 Å². The first kappa shape index (κ1) is 18.4. The van der Waals surface area contributed by atoms with Gasteiger partial charge in [-0.1, -0.05) is 12.1 Å². The number of ether oxygens (including phenoxy) is 1. The zero-order valence-corrected chi connectivity index (χ0v) is 16.0. The van der Waals surface area contributed by atoms with Crippen LogP contribution < -0.4 is 20.7 Å². The van der Waals surface area contributed by atoms with Crippen LogP contribution in [0, 0.1) is 11.8 Å². The van der Waals surface area contributed by atoms with Crippen molar-refractivity contribution in [3.05, 3.63) is 58.9 Å². The largest absolute Gasteiger partial charge is 0.497 e. The maximum atomic E-state index is 12.8. The molecular formula is C21H24N4O3. The van der Waals surface area contributed by atoms with Gasteiger partial charge in [0.25, 0.3) is 11.8 Å². The molecule has 2 heterocycles. The third-order valence-electron chi connectivity index (χ3n) is 5.51. The third kappa shape index (κ3) is 3.71. The fourth-order valence-electron chi connectivity index (χ4n) is 3.91. The molecule has 1 saturated heterocycles. The highest BCUT2D eigenvalue weighted by Crippen LogP contribution is 2.41. The van der Waals surface area contributed by atoms with Crippen LogP contribution in [0.3, 0.4) is 0 Å². The van der Waals surface area contributed by atoms with Crippen molar-refractivity contribution >= 4 is 11.8 Å². The summed E-state index contributed by atoms with van der Waals surface area (Å²) in [6.07, 6.45) is 0.501. The Labute approximate surface area is 163 Å². The number of aromatic nitrogens is 1. The van der Waals surface area contributed by atoms with Crippen LogP contribution in [0.4, 0.5) is 0 Å². The van der Waals surface area contributed by atoms with Gasteiger partial charge in [-0.3, -0.25) is 9.59 Å². The average molecular weight is 380 g/mol. The number of amides is 2. The van der Waals surface area contributed by atoms with Crippen molar-refractivity contribution in [1.29, 1.82) is 0 Å². The van der Waals surface area contributed by atoms with Gasteiger partial charge in [0.15, 0.2) is 0 Å². The molecule has 7 heteroatoms. The number of nitrogens with one attached hydrogen (secondary N) is 3. The smallest absolute Gasteiger partial charge is 0.269 e. The molecule has 4 rings (SSSR count). The Bertz CT molecular complexity index is 904. The first-order valence-corrected chi connectivity index (χ1v) is 9.46. The van der Waals surface area contributed by atoms with Crippen LogP contribution in [-0.2, 0) is 6.42 Å². The fraction of sp³-hybridized carbons (Fsp3) is 0.381.